The normalized spacial score (nSPS) is 12.3. The Morgan fingerprint density at radius 2 is 1.85 bits per heavy atom. The number of para-hydroxylation sites is 1. The first-order valence-corrected chi connectivity index (χ1v) is 8.86. The fourth-order valence-corrected chi connectivity index (χ4v) is 3.10. The summed E-state index contributed by atoms with van der Waals surface area (Å²) in [5, 5.41) is 2.28. The van der Waals surface area contributed by atoms with Crippen molar-refractivity contribution in [1.29, 1.82) is 0 Å². The zero-order valence-corrected chi connectivity index (χ0v) is 15.4. The molecule has 0 atom stereocenters. The maximum absolute atomic E-state index is 6.16. The van der Waals surface area contributed by atoms with Gasteiger partial charge in [0.2, 0.25) is 5.28 Å². The molecule has 132 valence electrons. The van der Waals surface area contributed by atoms with Crippen molar-refractivity contribution < 1.29 is 4.42 Å². The molecule has 2 aromatic carbocycles. The van der Waals surface area contributed by atoms with E-state index in [2.05, 4.69) is 21.5 Å². The monoisotopic (exact) mass is 373 g/mol. The standard InChI is InChI=1S/C22H16ClN3O/c1-3-5-8-14(4-2)20-24-21(26-22(23)25-20)15-11-12-17-16-9-6-7-10-18(16)27-19(17)13-15/h3-13H,1H2,2H3/b8-5-,14-4+. The molecule has 4 nitrogen and oxygen atoms in total. The maximum Gasteiger partial charge on any atom is 0.226 e. The number of hydrogen-bond donors (Lipinski definition) is 0. The topological polar surface area (TPSA) is 51.8 Å². The second-order valence-electron chi connectivity index (χ2n) is 5.90. The predicted molar refractivity (Wildman–Crippen MR) is 111 cm³/mol. The van der Waals surface area contributed by atoms with E-state index in [9.17, 15) is 0 Å². The highest BCUT2D eigenvalue weighted by Crippen LogP contribution is 2.31. The van der Waals surface area contributed by atoms with E-state index >= 15 is 0 Å². The summed E-state index contributed by atoms with van der Waals surface area (Å²) < 4.78 is 5.96. The molecule has 27 heavy (non-hydrogen) atoms. The van der Waals surface area contributed by atoms with Gasteiger partial charge in [0, 0.05) is 21.9 Å². The van der Waals surface area contributed by atoms with Gasteiger partial charge in [0.15, 0.2) is 11.6 Å². The molecule has 0 aliphatic heterocycles. The van der Waals surface area contributed by atoms with E-state index in [0.29, 0.717) is 11.6 Å². The zero-order chi connectivity index (χ0) is 18.8. The largest absolute Gasteiger partial charge is 0.456 e. The van der Waals surface area contributed by atoms with E-state index in [1.807, 2.05) is 67.6 Å². The van der Waals surface area contributed by atoms with Crippen molar-refractivity contribution >= 4 is 39.1 Å². The molecule has 0 saturated carbocycles. The zero-order valence-electron chi connectivity index (χ0n) is 14.7. The highest BCUT2D eigenvalue weighted by Gasteiger charge is 2.12. The summed E-state index contributed by atoms with van der Waals surface area (Å²) in [7, 11) is 0. The quantitative estimate of drug-likeness (QED) is 0.397. The van der Waals surface area contributed by atoms with Crippen LogP contribution in [0.25, 0.3) is 38.9 Å². The Balaban J connectivity index is 1.84. The lowest BCUT2D eigenvalue weighted by Crippen LogP contribution is -1.99. The van der Waals surface area contributed by atoms with Crippen LogP contribution in [0.1, 0.15) is 12.7 Å². The molecule has 0 spiro atoms. The number of halogens is 1. The number of allylic oxidation sites excluding steroid dienone is 5. The molecule has 0 unspecified atom stereocenters. The molecule has 0 N–H and O–H groups in total. The molecule has 2 heterocycles. The van der Waals surface area contributed by atoms with Crippen molar-refractivity contribution in [3.8, 4) is 11.4 Å². The predicted octanol–water partition coefficient (Wildman–Crippen LogP) is 6.24. The molecule has 0 fully saturated rings. The number of nitrogens with zero attached hydrogens (tertiary/aromatic N) is 3. The minimum absolute atomic E-state index is 0.144. The number of furan rings is 1. The lowest BCUT2D eigenvalue weighted by atomic mass is 10.1. The van der Waals surface area contributed by atoms with Gasteiger partial charge in [0.1, 0.15) is 11.2 Å². The molecular formula is C22H16ClN3O. The summed E-state index contributed by atoms with van der Waals surface area (Å²) in [4.78, 5) is 13.1. The Hall–Kier alpha value is -3.24. The van der Waals surface area contributed by atoms with E-state index in [-0.39, 0.29) is 5.28 Å². The maximum atomic E-state index is 6.16. The van der Waals surface area contributed by atoms with Crippen LogP contribution in [0.4, 0.5) is 0 Å². The molecule has 0 bridgehead atoms. The van der Waals surface area contributed by atoms with Crippen molar-refractivity contribution in [2.75, 3.05) is 0 Å². The Morgan fingerprint density at radius 3 is 2.67 bits per heavy atom. The molecule has 0 aliphatic rings. The molecule has 2 aromatic heterocycles. The number of benzene rings is 2. The van der Waals surface area contributed by atoms with Crippen LogP contribution in [-0.4, -0.2) is 15.0 Å². The molecule has 0 radical (unpaired) electrons. The van der Waals surface area contributed by atoms with Gasteiger partial charge in [-0.05, 0) is 36.7 Å². The summed E-state index contributed by atoms with van der Waals surface area (Å²) in [6, 6.07) is 13.9. The highest BCUT2D eigenvalue weighted by molar-refractivity contribution is 6.28. The van der Waals surface area contributed by atoms with Crippen LogP contribution in [0.5, 0.6) is 0 Å². The van der Waals surface area contributed by atoms with Crippen LogP contribution in [0.3, 0.4) is 0 Å². The van der Waals surface area contributed by atoms with Gasteiger partial charge in [0.05, 0.1) is 0 Å². The summed E-state index contributed by atoms with van der Waals surface area (Å²) in [6.07, 6.45) is 7.32. The number of fused-ring (bicyclic) bond motifs is 3. The van der Waals surface area contributed by atoms with Crippen LogP contribution in [0.15, 0.2) is 77.8 Å². The van der Waals surface area contributed by atoms with Gasteiger partial charge in [-0.3, -0.25) is 0 Å². The Bertz CT molecular complexity index is 1220. The second kappa shape index (κ2) is 7.17. The van der Waals surface area contributed by atoms with Gasteiger partial charge in [-0.2, -0.15) is 9.97 Å². The van der Waals surface area contributed by atoms with Crippen molar-refractivity contribution in [2.24, 2.45) is 0 Å². The van der Waals surface area contributed by atoms with Gasteiger partial charge in [-0.15, -0.1) is 0 Å². The van der Waals surface area contributed by atoms with Gasteiger partial charge in [-0.25, -0.2) is 4.98 Å². The first kappa shape index (κ1) is 17.2. The summed E-state index contributed by atoms with van der Waals surface area (Å²) in [5.41, 5.74) is 3.29. The third-order valence-corrected chi connectivity index (χ3v) is 4.40. The van der Waals surface area contributed by atoms with Crippen LogP contribution in [0.2, 0.25) is 5.28 Å². The molecule has 5 heteroatoms. The number of aromatic nitrogens is 3. The van der Waals surface area contributed by atoms with Crippen LogP contribution < -0.4 is 0 Å². The van der Waals surface area contributed by atoms with Crippen molar-refractivity contribution in [2.45, 2.75) is 6.92 Å². The third-order valence-electron chi connectivity index (χ3n) is 4.23. The molecule has 4 rings (SSSR count). The number of rotatable bonds is 4. The average Bonchev–Trinajstić information content (AvgIpc) is 3.06. The van der Waals surface area contributed by atoms with Crippen LogP contribution in [-0.2, 0) is 0 Å². The summed E-state index contributed by atoms with van der Waals surface area (Å²) in [5.74, 6) is 1.01. The second-order valence-corrected chi connectivity index (χ2v) is 6.24. The lowest BCUT2D eigenvalue weighted by Gasteiger charge is -2.05. The molecule has 0 amide bonds. The number of hydrogen-bond acceptors (Lipinski definition) is 4. The minimum Gasteiger partial charge on any atom is -0.456 e. The SMILES string of the molecule is C=C/C=C\C(=C/C)c1nc(Cl)nc(-c2ccc3c(c2)oc2ccccc23)n1. The molecule has 4 aromatic rings. The van der Waals surface area contributed by atoms with Crippen molar-refractivity contribution in [3.05, 3.63) is 84.5 Å². The van der Waals surface area contributed by atoms with E-state index in [0.717, 1.165) is 33.1 Å². The van der Waals surface area contributed by atoms with Crippen molar-refractivity contribution in [3.63, 3.8) is 0 Å². The molecule has 0 aliphatic carbocycles. The third kappa shape index (κ3) is 3.27. The summed E-state index contributed by atoms with van der Waals surface area (Å²) in [6.45, 7) is 5.60. The van der Waals surface area contributed by atoms with E-state index < -0.39 is 0 Å². The summed E-state index contributed by atoms with van der Waals surface area (Å²) >= 11 is 6.16. The average molecular weight is 374 g/mol. The van der Waals surface area contributed by atoms with Crippen LogP contribution in [0, 0.1) is 0 Å². The Kier molecular flexibility index (Phi) is 4.57. The highest BCUT2D eigenvalue weighted by atomic mass is 35.5. The molecular weight excluding hydrogens is 358 g/mol. The van der Waals surface area contributed by atoms with Gasteiger partial charge in [0.25, 0.3) is 0 Å². The van der Waals surface area contributed by atoms with E-state index in [1.54, 1.807) is 6.08 Å². The Labute approximate surface area is 161 Å². The fourth-order valence-electron chi connectivity index (χ4n) is 2.94. The molecule has 0 saturated heterocycles. The van der Waals surface area contributed by atoms with Crippen LogP contribution >= 0.6 is 11.6 Å². The van der Waals surface area contributed by atoms with Gasteiger partial charge >= 0.3 is 0 Å². The van der Waals surface area contributed by atoms with E-state index in [4.69, 9.17) is 16.0 Å². The first-order valence-electron chi connectivity index (χ1n) is 8.48. The smallest absolute Gasteiger partial charge is 0.226 e. The fraction of sp³-hybridized carbons (Fsp3) is 0.0455. The van der Waals surface area contributed by atoms with Crippen molar-refractivity contribution in [1.82, 2.24) is 15.0 Å². The lowest BCUT2D eigenvalue weighted by molar-refractivity contribution is 0.669. The van der Waals surface area contributed by atoms with E-state index in [1.165, 1.54) is 0 Å². The minimum atomic E-state index is 0.144. The van der Waals surface area contributed by atoms with Gasteiger partial charge < -0.3 is 4.42 Å². The first-order chi connectivity index (χ1) is 13.2. The van der Waals surface area contributed by atoms with Gasteiger partial charge in [-0.1, -0.05) is 55.1 Å². The Morgan fingerprint density at radius 1 is 1.04 bits per heavy atom.